The van der Waals surface area contributed by atoms with Crippen LogP contribution in [0.15, 0.2) is 0 Å². The van der Waals surface area contributed by atoms with Gasteiger partial charge in [0, 0.05) is 26.2 Å². The minimum absolute atomic E-state index is 0.405. The van der Waals surface area contributed by atoms with Crippen molar-refractivity contribution < 1.29 is 4.74 Å². The van der Waals surface area contributed by atoms with E-state index in [0.717, 1.165) is 45.2 Å². The number of hydrogen-bond acceptors (Lipinski definition) is 3. The van der Waals surface area contributed by atoms with E-state index in [1.54, 1.807) is 0 Å². The molecule has 0 radical (unpaired) electrons. The maximum absolute atomic E-state index is 5.78. The molecular formula is C14H32N2O. The Labute approximate surface area is 108 Å². The predicted molar refractivity (Wildman–Crippen MR) is 75.5 cm³/mol. The van der Waals surface area contributed by atoms with Gasteiger partial charge >= 0.3 is 0 Å². The monoisotopic (exact) mass is 244 g/mol. The number of nitrogens with zero attached hydrogens (tertiary/aromatic N) is 2. The van der Waals surface area contributed by atoms with Crippen molar-refractivity contribution >= 4 is 0 Å². The van der Waals surface area contributed by atoms with Crippen LogP contribution in [0.4, 0.5) is 0 Å². The van der Waals surface area contributed by atoms with Gasteiger partial charge in [-0.25, -0.2) is 0 Å². The zero-order valence-electron chi connectivity index (χ0n) is 12.7. The fraction of sp³-hybridized carbons (Fsp3) is 1.00. The van der Waals surface area contributed by atoms with Crippen molar-refractivity contribution in [1.29, 1.82) is 0 Å². The molecule has 0 aromatic rings. The summed E-state index contributed by atoms with van der Waals surface area (Å²) in [6.45, 7) is 17.2. The van der Waals surface area contributed by atoms with Gasteiger partial charge < -0.3 is 9.64 Å². The average molecular weight is 244 g/mol. The summed E-state index contributed by atoms with van der Waals surface area (Å²) in [4.78, 5) is 4.85. The van der Waals surface area contributed by atoms with Crippen molar-refractivity contribution in [3.05, 3.63) is 0 Å². The van der Waals surface area contributed by atoms with E-state index >= 15 is 0 Å². The van der Waals surface area contributed by atoms with Gasteiger partial charge in [0.05, 0.1) is 12.7 Å². The van der Waals surface area contributed by atoms with Gasteiger partial charge in [-0.15, -0.1) is 0 Å². The third kappa shape index (κ3) is 7.74. The summed E-state index contributed by atoms with van der Waals surface area (Å²) in [5.41, 5.74) is 0. The summed E-state index contributed by atoms with van der Waals surface area (Å²) in [5, 5.41) is 0. The SMILES string of the molecule is CC.CCN1CCOC(CN(C)CC(C)C)C1. The predicted octanol–water partition coefficient (Wildman–Crippen LogP) is 2.32. The molecule has 3 heteroatoms. The Morgan fingerprint density at radius 1 is 1.35 bits per heavy atom. The second-order valence-electron chi connectivity index (χ2n) is 5.00. The van der Waals surface area contributed by atoms with Crippen LogP contribution in [-0.4, -0.2) is 62.3 Å². The molecule has 0 spiro atoms. The van der Waals surface area contributed by atoms with Crippen LogP contribution in [0.2, 0.25) is 0 Å². The highest BCUT2D eigenvalue weighted by molar-refractivity contribution is 4.73. The normalized spacial score (nSPS) is 21.5. The van der Waals surface area contributed by atoms with Crippen LogP contribution in [0.5, 0.6) is 0 Å². The van der Waals surface area contributed by atoms with Gasteiger partial charge in [0.15, 0.2) is 0 Å². The van der Waals surface area contributed by atoms with Crippen molar-refractivity contribution in [1.82, 2.24) is 9.80 Å². The first-order valence-electron chi connectivity index (χ1n) is 7.14. The topological polar surface area (TPSA) is 15.7 Å². The Bertz CT molecular complexity index is 174. The first-order valence-corrected chi connectivity index (χ1v) is 7.14. The quantitative estimate of drug-likeness (QED) is 0.738. The molecule has 1 atom stereocenters. The molecule has 1 fully saturated rings. The summed E-state index contributed by atoms with van der Waals surface area (Å²) < 4.78 is 5.78. The Morgan fingerprint density at radius 3 is 2.53 bits per heavy atom. The van der Waals surface area contributed by atoms with Crippen LogP contribution >= 0.6 is 0 Å². The molecule has 0 aromatic heterocycles. The van der Waals surface area contributed by atoms with E-state index in [2.05, 4.69) is 37.6 Å². The summed E-state index contributed by atoms with van der Waals surface area (Å²) in [6.07, 6.45) is 0.405. The van der Waals surface area contributed by atoms with Gasteiger partial charge in [-0.2, -0.15) is 0 Å². The summed E-state index contributed by atoms with van der Waals surface area (Å²) in [7, 11) is 2.19. The van der Waals surface area contributed by atoms with Gasteiger partial charge in [0.2, 0.25) is 0 Å². The minimum atomic E-state index is 0.405. The lowest BCUT2D eigenvalue weighted by Gasteiger charge is -2.34. The average Bonchev–Trinajstić information content (AvgIpc) is 2.30. The van der Waals surface area contributed by atoms with E-state index in [-0.39, 0.29) is 0 Å². The molecule has 104 valence electrons. The highest BCUT2D eigenvalue weighted by atomic mass is 16.5. The molecule has 1 saturated heterocycles. The molecule has 1 aliphatic rings. The lowest BCUT2D eigenvalue weighted by atomic mass is 10.2. The van der Waals surface area contributed by atoms with Crippen molar-refractivity contribution in [3.8, 4) is 0 Å². The number of hydrogen-bond donors (Lipinski definition) is 0. The molecule has 1 aliphatic heterocycles. The van der Waals surface area contributed by atoms with E-state index in [4.69, 9.17) is 4.74 Å². The van der Waals surface area contributed by atoms with Crippen LogP contribution in [0.1, 0.15) is 34.6 Å². The molecule has 0 aromatic carbocycles. The molecule has 17 heavy (non-hydrogen) atoms. The number of rotatable bonds is 5. The fourth-order valence-corrected chi connectivity index (χ4v) is 2.22. The largest absolute Gasteiger partial charge is 0.374 e. The Hall–Kier alpha value is -0.120. The third-order valence-corrected chi connectivity index (χ3v) is 2.86. The van der Waals surface area contributed by atoms with Crippen molar-refractivity contribution in [3.63, 3.8) is 0 Å². The highest BCUT2D eigenvalue weighted by Crippen LogP contribution is 2.07. The van der Waals surface area contributed by atoms with Crippen LogP contribution in [0.25, 0.3) is 0 Å². The minimum Gasteiger partial charge on any atom is -0.374 e. The van der Waals surface area contributed by atoms with Gasteiger partial charge in [0.25, 0.3) is 0 Å². The second kappa shape index (κ2) is 9.86. The van der Waals surface area contributed by atoms with E-state index < -0.39 is 0 Å². The number of ether oxygens (including phenoxy) is 1. The van der Waals surface area contributed by atoms with Crippen LogP contribution in [0.3, 0.4) is 0 Å². The van der Waals surface area contributed by atoms with Gasteiger partial charge in [-0.05, 0) is 19.5 Å². The molecule has 0 amide bonds. The van der Waals surface area contributed by atoms with Crippen LogP contribution in [-0.2, 0) is 4.74 Å². The first kappa shape index (κ1) is 16.9. The van der Waals surface area contributed by atoms with E-state index in [0.29, 0.717) is 6.10 Å². The maximum Gasteiger partial charge on any atom is 0.0829 e. The van der Waals surface area contributed by atoms with E-state index in [1.807, 2.05) is 13.8 Å². The summed E-state index contributed by atoms with van der Waals surface area (Å²) in [6, 6.07) is 0. The zero-order valence-corrected chi connectivity index (χ0v) is 12.7. The highest BCUT2D eigenvalue weighted by Gasteiger charge is 2.20. The van der Waals surface area contributed by atoms with E-state index in [9.17, 15) is 0 Å². The van der Waals surface area contributed by atoms with Crippen LogP contribution < -0.4 is 0 Å². The molecule has 1 heterocycles. The number of morpholine rings is 1. The van der Waals surface area contributed by atoms with Gasteiger partial charge in [-0.3, -0.25) is 4.90 Å². The fourth-order valence-electron chi connectivity index (χ4n) is 2.22. The lowest BCUT2D eigenvalue weighted by molar-refractivity contribution is -0.0397. The smallest absolute Gasteiger partial charge is 0.0829 e. The Kier molecular flexibility index (Phi) is 9.79. The van der Waals surface area contributed by atoms with Gasteiger partial charge in [-0.1, -0.05) is 34.6 Å². The lowest BCUT2D eigenvalue weighted by Crippen LogP contribution is -2.47. The number of likely N-dealkylation sites (N-methyl/N-ethyl adjacent to an activating group) is 2. The third-order valence-electron chi connectivity index (χ3n) is 2.86. The van der Waals surface area contributed by atoms with Gasteiger partial charge in [0.1, 0.15) is 0 Å². The molecule has 0 N–H and O–H groups in total. The van der Waals surface area contributed by atoms with Crippen molar-refractivity contribution in [2.75, 3.05) is 46.4 Å². The zero-order chi connectivity index (χ0) is 13.3. The standard InChI is InChI=1S/C12H26N2O.C2H6/c1-5-14-6-7-15-12(10-14)9-13(4)8-11(2)3;1-2/h11-12H,5-10H2,1-4H3;1-2H3. The maximum atomic E-state index is 5.78. The molecular weight excluding hydrogens is 212 g/mol. The van der Waals surface area contributed by atoms with Crippen molar-refractivity contribution in [2.45, 2.75) is 40.7 Å². The van der Waals surface area contributed by atoms with Crippen LogP contribution in [0, 0.1) is 5.92 Å². The molecule has 0 bridgehead atoms. The molecule has 0 saturated carbocycles. The van der Waals surface area contributed by atoms with E-state index in [1.165, 1.54) is 0 Å². The Balaban J connectivity index is 0.00000121. The molecule has 1 rings (SSSR count). The first-order chi connectivity index (χ1) is 8.11. The molecule has 3 nitrogen and oxygen atoms in total. The second-order valence-corrected chi connectivity index (χ2v) is 5.00. The Morgan fingerprint density at radius 2 is 2.00 bits per heavy atom. The molecule has 1 unspecified atom stereocenters. The summed E-state index contributed by atoms with van der Waals surface area (Å²) >= 11 is 0. The molecule has 0 aliphatic carbocycles. The summed E-state index contributed by atoms with van der Waals surface area (Å²) in [5.74, 6) is 0.737. The van der Waals surface area contributed by atoms with Crippen molar-refractivity contribution in [2.24, 2.45) is 5.92 Å².